The summed E-state index contributed by atoms with van der Waals surface area (Å²) < 4.78 is 0. The van der Waals surface area contributed by atoms with E-state index < -0.39 is 0 Å². The number of hydrogen-bond acceptors (Lipinski definition) is 4. The number of para-hydroxylation sites is 2. The zero-order valence-electron chi connectivity index (χ0n) is 13.7. The number of fused-ring (bicyclic) bond motifs is 1. The van der Waals surface area contributed by atoms with Gasteiger partial charge in [0.15, 0.2) is 0 Å². The molecule has 7 heteroatoms. The van der Waals surface area contributed by atoms with Crippen molar-refractivity contribution in [3.8, 4) is 0 Å². The van der Waals surface area contributed by atoms with Crippen molar-refractivity contribution in [2.45, 2.75) is 6.92 Å². The number of imidazole rings is 1. The molecule has 128 valence electrons. The Balaban J connectivity index is 1.42. The van der Waals surface area contributed by atoms with Gasteiger partial charge in [-0.3, -0.25) is 14.9 Å². The number of nitrogens with one attached hydrogen (secondary N) is 3. The van der Waals surface area contributed by atoms with E-state index in [-0.39, 0.29) is 23.3 Å². The van der Waals surface area contributed by atoms with Crippen molar-refractivity contribution in [3.63, 3.8) is 0 Å². The lowest BCUT2D eigenvalue weighted by molar-refractivity contribution is -0.114. The monoisotopic (exact) mass is 354 g/mol. The second-order valence-electron chi connectivity index (χ2n) is 5.56. The van der Waals surface area contributed by atoms with E-state index in [4.69, 9.17) is 0 Å². The van der Waals surface area contributed by atoms with Crippen LogP contribution in [-0.4, -0.2) is 33.3 Å². The first-order valence-electron chi connectivity index (χ1n) is 7.79. The fourth-order valence-corrected chi connectivity index (χ4v) is 2.87. The number of rotatable bonds is 6. The Labute approximate surface area is 149 Å². The number of aromatic amines is 1. The average molecular weight is 354 g/mol. The maximum atomic E-state index is 11.9. The van der Waals surface area contributed by atoms with E-state index >= 15 is 0 Å². The maximum absolute atomic E-state index is 11.9. The molecule has 2 aromatic carbocycles. The molecule has 3 aromatic rings. The normalized spacial score (nSPS) is 10.6. The summed E-state index contributed by atoms with van der Waals surface area (Å²) >= 11 is 1.25. The summed E-state index contributed by atoms with van der Waals surface area (Å²) in [7, 11) is 0. The minimum Gasteiger partial charge on any atom is -0.325 e. The lowest BCUT2D eigenvalue weighted by atomic mass is 10.2. The fourth-order valence-electron chi connectivity index (χ4n) is 2.25. The molecule has 0 fully saturated rings. The SMILES string of the molecule is Cc1ccc(NC(=O)CSCC(=O)Nc2nc3ccccc3[nH]2)cc1. The van der Waals surface area contributed by atoms with Crippen LogP contribution in [0.2, 0.25) is 0 Å². The number of H-pyrrole nitrogens is 1. The van der Waals surface area contributed by atoms with Crippen LogP contribution in [0.4, 0.5) is 11.6 Å². The Morgan fingerprint density at radius 3 is 2.40 bits per heavy atom. The number of nitrogens with zero attached hydrogens (tertiary/aromatic N) is 1. The first-order chi connectivity index (χ1) is 12.1. The minimum absolute atomic E-state index is 0.134. The van der Waals surface area contributed by atoms with Crippen molar-refractivity contribution in [2.24, 2.45) is 0 Å². The van der Waals surface area contributed by atoms with Gasteiger partial charge in [0.05, 0.1) is 22.5 Å². The third-order valence-corrected chi connectivity index (χ3v) is 4.38. The third kappa shape index (κ3) is 4.84. The van der Waals surface area contributed by atoms with E-state index in [1.807, 2.05) is 55.5 Å². The van der Waals surface area contributed by atoms with Crippen LogP contribution >= 0.6 is 11.8 Å². The molecule has 3 N–H and O–H groups in total. The molecule has 0 unspecified atom stereocenters. The van der Waals surface area contributed by atoms with Gasteiger partial charge in [-0.25, -0.2) is 4.98 Å². The molecule has 0 aliphatic rings. The van der Waals surface area contributed by atoms with Crippen LogP contribution in [0.25, 0.3) is 11.0 Å². The predicted molar refractivity (Wildman–Crippen MR) is 102 cm³/mol. The Bertz CT molecular complexity index is 856. The molecule has 0 aliphatic carbocycles. The second kappa shape index (κ2) is 7.85. The molecule has 6 nitrogen and oxygen atoms in total. The number of anilines is 2. The fraction of sp³-hybridized carbons (Fsp3) is 0.167. The molecule has 3 rings (SSSR count). The van der Waals surface area contributed by atoms with E-state index in [2.05, 4.69) is 20.6 Å². The molecule has 0 spiro atoms. The first-order valence-corrected chi connectivity index (χ1v) is 8.94. The van der Waals surface area contributed by atoms with Gasteiger partial charge in [-0.05, 0) is 31.2 Å². The summed E-state index contributed by atoms with van der Waals surface area (Å²) in [6, 6.07) is 15.1. The van der Waals surface area contributed by atoms with E-state index in [1.165, 1.54) is 11.8 Å². The smallest absolute Gasteiger partial charge is 0.236 e. The highest BCUT2D eigenvalue weighted by molar-refractivity contribution is 8.00. The number of carbonyl (C=O) groups is 2. The zero-order chi connectivity index (χ0) is 17.6. The number of benzene rings is 2. The van der Waals surface area contributed by atoms with Gasteiger partial charge in [0.1, 0.15) is 0 Å². The molecular weight excluding hydrogens is 336 g/mol. The highest BCUT2D eigenvalue weighted by Crippen LogP contribution is 2.14. The van der Waals surface area contributed by atoms with Crippen LogP contribution in [0.5, 0.6) is 0 Å². The number of aromatic nitrogens is 2. The Hall–Kier alpha value is -2.80. The van der Waals surface area contributed by atoms with Gasteiger partial charge in [-0.2, -0.15) is 0 Å². The molecular formula is C18H18N4O2S. The van der Waals surface area contributed by atoms with Crippen LogP contribution in [-0.2, 0) is 9.59 Å². The topological polar surface area (TPSA) is 86.9 Å². The molecule has 0 saturated carbocycles. The predicted octanol–water partition coefficient (Wildman–Crippen LogP) is 3.18. The summed E-state index contributed by atoms with van der Waals surface area (Å²) in [5, 5.41) is 5.50. The van der Waals surface area contributed by atoms with Crippen LogP contribution in [0.15, 0.2) is 48.5 Å². The molecule has 2 amide bonds. The quantitative estimate of drug-likeness (QED) is 0.634. The standard InChI is InChI=1S/C18H18N4O2S/c1-12-6-8-13(9-7-12)19-16(23)10-25-11-17(24)22-18-20-14-4-2-3-5-15(14)21-18/h2-9H,10-11H2,1H3,(H,19,23)(H2,20,21,22,24). The van der Waals surface area contributed by atoms with Crippen molar-refractivity contribution in [2.75, 3.05) is 22.1 Å². The second-order valence-corrected chi connectivity index (χ2v) is 6.54. The maximum Gasteiger partial charge on any atom is 0.236 e. The van der Waals surface area contributed by atoms with Gasteiger partial charge in [0.2, 0.25) is 17.8 Å². The number of thioether (sulfide) groups is 1. The first kappa shape index (κ1) is 17.0. The molecule has 25 heavy (non-hydrogen) atoms. The molecule has 0 bridgehead atoms. The van der Waals surface area contributed by atoms with Gasteiger partial charge < -0.3 is 10.3 Å². The van der Waals surface area contributed by atoms with Crippen LogP contribution in [0, 0.1) is 6.92 Å². The van der Waals surface area contributed by atoms with Crippen LogP contribution in [0.1, 0.15) is 5.56 Å². The van der Waals surface area contributed by atoms with E-state index in [1.54, 1.807) is 0 Å². The van der Waals surface area contributed by atoms with Crippen molar-refractivity contribution in [3.05, 3.63) is 54.1 Å². The Morgan fingerprint density at radius 1 is 1.00 bits per heavy atom. The van der Waals surface area contributed by atoms with Gasteiger partial charge in [-0.15, -0.1) is 11.8 Å². The van der Waals surface area contributed by atoms with Gasteiger partial charge >= 0.3 is 0 Å². The largest absolute Gasteiger partial charge is 0.325 e. The van der Waals surface area contributed by atoms with Crippen molar-refractivity contribution in [1.82, 2.24) is 9.97 Å². The summed E-state index contributed by atoms with van der Waals surface area (Å²) in [5.74, 6) is 0.466. The van der Waals surface area contributed by atoms with Crippen molar-refractivity contribution < 1.29 is 9.59 Å². The molecule has 0 radical (unpaired) electrons. The van der Waals surface area contributed by atoms with E-state index in [9.17, 15) is 9.59 Å². The average Bonchev–Trinajstić information content (AvgIpc) is 2.99. The molecule has 1 aromatic heterocycles. The summed E-state index contributed by atoms with van der Waals surface area (Å²) in [6.07, 6.45) is 0. The van der Waals surface area contributed by atoms with Gasteiger partial charge in [-0.1, -0.05) is 29.8 Å². The number of aryl methyl sites for hydroxylation is 1. The summed E-state index contributed by atoms with van der Waals surface area (Å²) in [5.41, 5.74) is 3.54. The summed E-state index contributed by atoms with van der Waals surface area (Å²) in [4.78, 5) is 31.1. The highest BCUT2D eigenvalue weighted by Gasteiger charge is 2.09. The number of carbonyl (C=O) groups excluding carboxylic acids is 2. The third-order valence-electron chi connectivity index (χ3n) is 3.45. The summed E-state index contributed by atoms with van der Waals surface area (Å²) in [6.45, 7) is 1.99. The highest BCUT2D eigenvalue weighted by atomic mass is 32.2. The van der Waals surface area contributed by atoms with Crippen molar-refractivity contribution in [1.29, 1.82) is 0 Å². The number of hydrogen-bond donors (Lipinski definition) is 3. The van der Waals surface area contributed by atoms with Gasteiger partial charge in [0, 0.05) is 5.69 Å². The Kier molecular flexibility index (Phi) is 5.35. The lowest BCUT2D eigenvalue weighted by Gasteiger charge is -2.05. The van der Waals surface area contributed by atoms with E-state index in [0.29, 0.717) is 5.95 Å². The molecule has 0 atom stereocenters. The zero-order valence-corrected chi connectivity index (χ0v) is 14.5. The number of amides is 2. The molecule has 1 heterocycles. The Morgan fingerprint density at radius 2 is 1.68 bits per heavy atom. The minimum atomic E-state index is -0.202. The van der Waals surface area contributed by atoms with E-state index in [0.717, 1.165) is 22.3 Å². The van der Waals surface area contributed by atoms with Crippen LogP contribution in [0.3, 0.4) is 0 Å². The molecule has 0 saturated heterocycles. The van der Waals surface area contributed by atoms with Crippen LogP contribution < -0.4 is 10.6 Å². The lowest BCUT2D eigenvalue weighted by Crippen LogP contribution is -2.18. The van der Waals surface area contributed by atoms with Crippen molar-refractivity contribution >= 4 is 46.2 Å². The van der Waals surface area contributed by atoms with Gasteiger partial charge in [0.25, 0.3) is 0 Å². The molecule has 0 aliphatic heterocycles.